The highest BCUT2D eigenvalue weighted by atomic mass is 32.2. The van der Waals surface area contributed by atoms with Crippen LogP contribution in [0.15, 0.2) is 49.1 Å². The number of allylic oxidation sites excluding steroid dienone is 3. The van der Waals surface area contributed by atoms with Crippen LogP contribution in [0.5, 0.6) is 5.75 Å². The Morgan fingerprint density at radius 1 is 1.09 bits per heavy atom. The first kappa shape index (κ1) is 21.9. The maximum absolute atomic E-state index is 13.6. The van der Waals surface area contributed by atoms with Crippen LogP contribution < -0.4 is 4.74 Å². The zero-order valence-electron chi connectivity index (χ0n) is 18.9. The molecular weight excluding hydrogens is 420 g/mol. The number of ether oxygens (including phenoxy) is 1. The van der Waals surface area contributed by atoms with Gasteiger partial charge in [-0.1, -0.05) is 43.7 Å². The highest BCUT2D eigenvalue weighted by Crippen LogP contribution is 2.57. The fourth-order valence-corrected chi connectivity index (χ4v) is 8.47. The van der Waals surface area contributed by atoms with Gasteiger partial charge < -0.3 is 4.74 Å². The molecule has 0 unspecified atom stereocenters. The first-order chi connectivity index (χ1) is 15.4. The van der Waals surface area contributed by atoms with E-state index in [1.165, 1.54) is 12.8 Å². The zero-order chi connectivity index (χ0) is 22.5. The first-order valence-corrected chi connectivity index (χ1v) is 14.0. The van der Waals surface area contributed by atoms with Crippen molar-refractivity contribution in [1.82, 2.24) is 0 Å². The zero-order valence-corrected chi connectivity index (χ0v) is 19.7. The van der Waals surface area contributed by atoms with Gasteiger partial charge in [0.05, 0.1) is 11.5 Å². The molecule has 2 heterocycles. The fourth-order valence-electron chi connectivity index (χ4n) is 7.04. The maximum atomic E-state index is 13.6. The van der Waals surface area contributed by atoms with E-state index in [2.05, 4.69) is 25.7 Å². The number of carbonyl (C=O) groups excluding carboxylic acids is 1. The molecule has 5 aliphatic rings. The third kappa shape index (κ3) is 3.98. The van der Waals surface area contributed by atoms with Gasteiger partial charge >= 0.3 is 0 Å². The average molecular weight is 455 g/mol. The van der Waals surface area contributed by atoms with Gasteiger partial charge in [0.1, 0.15) is 17.6 Å². The summed E-state index contributed by atoms with van der Waals surface area (Å²) in [5.41, 5.74) is 0.777. The molecule has 3 aliphatic carbocycles. The molecule has 0 N–H and O–H groups in total. The van der Waals surface area contributed by atoms with Crippen LogP contribution in [0.3, 0.4) is 0 Å². The molecule has 0 saturated heterocycles. The molecule has 2 aliphatic heterocycles. The lowest BCUT2D eigenvalue weighted by atomic mass is 9.66. The molecule has 2 bridgehead atoms. The van der Waals surface area contributed by atoms with Crippen LogP contribution in [0.2, 0.25) is 0 Å². The van der Waals surface area contributed by atoms with Crippen molar-refractivity contribution in [2.75, 3.05) is 5.75 Å². The normalized spacial score (nSPS) is 40.6. The highest BCUT2D eigenvalue weighted by molar-refractivity contribution is 7.90. The van der Waals surface area contributed by atoms with Crippen LogP contribution in [0.25, 0.3) is 0 Å². The summed E-state index contributed by atoms with van der Waals surface area (Å²) in [6, 6.07) is 7.57. The maximum Gasteiger partial charge on any atom is 0.154 e. The van der Waals surface area contributed by atoms with E-state index in [4.69, 9.17) is 4.74 Å². The van der Waals surface area contributed by atoms with Gasteiger partial charge in [-0.05, 0) is 60.6 Å². The van der Waals surface area contributed by atoms with E-state index in [-0.39, 0.29) is 41.1 Å². The van der Waals surface area contributed by atoms with Gasteiger partial charge in [0.25, 0.3) is 0 Å². The van der Waals surface area contributed by atoms with E-state index in [0.29, 0.717) is 36.5 Å². The second kappa shape index (κ2) is 8.48. The lowest BCUT2D eigenvalue weighted by Gasteiger charge is -2.38. The Hall–Kier alpha value is -1.88. The fraction of sp³-hybridized carbons (Fsp3) is 0.593. The van der Waals surface area contributed by atoms with Crippen LogP contribution in [0, 0.1) is 41.4 Å². The minimum Gasteiger partial charge on any atom is -0.490 e. The average Bonchev–Trinajstić information content (AvgIpc) is 3.06. The second-order valence-corrected chi connectivity index (χ2v) is 12.7. The van der Waals surface area contributed by atoms with Crippen molar-refractivity contribution in [2.24, 2.45) is 41.4 Å². The molecule has 6 rings (SSSR count). The monoisotopic (exact) mass is 454 g/mol. The third-order valence-corrected chi connectivity index (χ3v) is 10.1. The smallest absolute Gasteiger partial charge is 0.154 e. The van der Waals surface area contributed by atoms with E-state index < -0.39 is 9.84 Å². The van der Waals surface area contributed by atoms with Crippen molar-refractivity contribution in [3.05, 3.63) is 54.6 Å². The van der Waals surface area contributed by atoms with E-state index >= 15 is 0 Å². The largest absolute Gasteiger partial charge is 0.490 e. The Kier molecular flexibility index (Phi) is 5.81. The molecule has 0 amide bonds. The Morgan fingerprint density at radius 3 is 2.62 bits per heavy atom. The summed E-state index contributed by atoms with van der Waals surface area (Å²) in [6.07, 6.45) is 10.7. The molecule has 8 atom stereocenters. The number of fused-ring (bicyclic) bond motifs is 9. The van der Waals surface area contributed by atoms with Crippen LogP contribution in [0.1, 0.15) is 44.6 Å². The Bertz CT molecular complexity index is 1010. The number of ketones is 1. The van der Waals surface area contributed by atoms with Gasteiger partial charge in [-0.2, -0.15) is 0 Å². The Balaban J connectivity index is 1.58. The van der Waals surface area contributed by atoms with Crippen molar-refractivity contribution in [2.45, 2.75) is 50.9 Å². The molecular formula is C27H34O4S. The molecule has 0 radical (unpaired) electrons. The SMILES string of the molecule is C=C[C@H]1C=C[C@H]2[C@@H]3C[C@H](C)CC[C@H]3[C@@H]3Oc4ccc(cc4)CS(=O)(=O)CCCC(=O)[C@@H]1[C@H]23. The van der Waals surface area contributed by atoms with E-state index in [1.54, 1.807) is 0 Å². The molecule has 2 fully saturated rings. The number of hydrogen-bond acceptors (Lipinski definition) is 4. The second-order valence-electron chi connectivity index (χ2n) is 10.5. The number of sulfone groups is 1. The van der Waals surface area contributed by atoms with Gasteiger partial charge in [0.15, 0.2) is 9.84 Å². The van der Waals surface area contributed by atoms with Gasteiger partial charge in [0.2, 0.25) is 0 Å². The van der Waals surface area contributed by atoms with Crippen LogP contribution >= 0.6 is 0 Å². The molecule has 0 aromatic heterocycles. The van der Waals surface area contributed by atoms with E-state index in [1.807, 2.05) is 30.3 Å². The van der Waals surface area contributed by atoms with Crippen LogP contribution in [-0.4, -0.2) is 26.1 Å². The van der Waals surface area contributed by atoms with Gasteiger partial charge in [-0.15, -0.1) is 6.58 Å². The highest BCUT2D eigenvalue weighted by Gasteiger charge is 2.57. The number of hydrogen-bond donors (Lipinski definition) is 0. The number of benzene rings is 1. The summed E-state index contributed by atoms with van der Waals surface area (Å²) in [4.78, 5) is 13.6. The van der Waals surface area contributed by atoms with Gasteiger partial charge in [-0.25, -0.2) is 8.42 Å². The number of Topliss-reactive ketones (excluding diaryl/α,β-unsaturated/α-hetero) is 1. The minimum absolute atomic E-state index is 0.0105. The molecule has 1 aromatic rings. The van der Waals surface area contributed by atoms with Gasteiger partial charge in [0, 0.05) is 24.2 Å². The molecule has 32 heavy (non-hydrogen) atoms. The van der Waals surface area contributed by atoms with Crippen molar-refractivity contribution in [3.8, 4) is 5.75 Å². The summed E-state index contributed by atoms with van der Waals surface area (Å²) >= 11 is 0. The molecule has 4 nitrogen and oxygen atoms in total. The van der Waals surface area contributed by atoms with Crippen molar-refractivity contribution in [3.63, 3.8) is 0 Å². The van der Waals surface area contributed by atoms with E-state index in [0.717, 1.165) is 17.7 Å². The van der Waals surface area contributed by atoms with Crippen LogP contribution in [0.4, 0.5) is 0 Å². The summed E-state index contributed by atoms with van der Waals surface area (Å²) < 4.78 is 31.9. The van der Waals surface area contributed by atoms with Crippen LogP contribution in [-0.2, 0) is 20.4 Å². The molecule has 172 valence electrons. The molecule has 0 spiro atoms. The number of carbonyl (C=O) groups is 1. The molecule has 1 aromatic carbocycles. The Morgan fingerprint density at radius 2 is 1.88 bits per heavy atom. The van der Waals surface area contributed by atoms with Crippen molar-refractivity contribution in [1.29, 1.82) is 0 Å². The topological polar surface area (TPSA) is 60.4 Å². The summed E-state index contributed by atoms with van der Waals surface area (Å²) in [6.45, 7) is 6.37. The lowest BCUT2D eigenvalue weighted by molar-refractivity contribution is -0.127. The predicted molar refractivity (Wildman–Crippen MR) is 126 cm³/mol. The van der Waals surface area contributed by atoms with Crippen molar-refractivity contribution >= 4 is 15.6 Å². The lowest BCUT2D eigenvalue weighted by Crippen LogP contribution is -2.42. The van der Waals surface area contributed by atoms with Crippen molar-refractivity contribution < 1.29 is 17.9 Å². The summed E-state index contributed by atoms with van der Waals surface area (Å²) in [5, 5.41) is 0. The van der Waals surface area contributed by atoms with Gasteiger partial charge in [-0.3, -0.25) is 4.79 Å². The standard InChI is InChI=1S/C27H34O4S/c1-3-19-9-13-21-23-15-17(2)6-12-22(23)27-26(21)25(19)24(28)5-4-14-32(29,30)16-18-7-10-20(31-27)11-8-18/h3,7-11,13,17,19,21-23,25-27H,1,4-6,12,14-16H2,2H3/t17-,19+,21+,22-,23+,25-,26+,27+/m1/s1. The molecule has 2 saturated carbocycles. The van der Waals surface area contributed by atoms with E-state index in [9.17, 15) is 13.2 Å². The molecule has 5 heteroatoms. The minimum atomic E-state index is -3.25. The quantitative estimate of drug-likeness (QED) is 0.561. The summed E-state index contributed by atoms with van der Waals surface area (Å²) in [5.74, 6) is 2.99. The number of rotatable bonds is 1. The third-order valence-electron chi connectivity index (χ3n) is 8.45. The first-order valence-electron chi connectivity index (χ1n) is 12.2. The summed E-state index contributed by atoms with van der Waals surface area (Å²) in [7, 11) is -3.25. The Labute approximate surface area is 192 Å². The predicted octanol–water partition coefficient (Wildman–Crippen LogP) is 5.00.